The second-order valence-corrected chi connectivity index (χ2v) is 7.67. The van der Waals surface area contributed by atoms with E-state index in [9.17, 15) is 9.35 Å². The van der Waals surface area contributed by atoms with Crippen LogP contribution in [0.3, 0.4) is 0 Å². The molecule has 2 aromatic carbocycles. The van der Waals surface area contributed by atoms with E-state index in [2.05, 4.69) is 10.3 Å². The minimum Gasteiger partial charge on any atom is -0.606 e. The van der Waals surface area contributed by atoms with E-state index in [1.807, 2.05) is 0 Å². The maximum atomic E-state index is 12.6. The van der Waals surface area contributed by atoms with Gasteiger partial charge in [0.2, 0.25) is 0 Å². The minimum absolute atomic E-state index is 0.401. The third-order valence-corrected chi connectivity index (χ3v) is 4.72. The second-order valence-electron chi connectivity index (χ2n) is 6.19. The van der Waals surface area contributed by atoms with Crippen molar-refractivity contribution >= 4 is 22.8 Å². The summed E-state index contributed by atoms with van der Waals surface area (Å²) in [4.78, 5) is 12.3. The molecule has 0 saturated heterocycles. The van der Waals surface area contributed by atoms with Crippen LogP contribution in [0.15, 0.2) is 68.7 Å². The molecule has 2 aromatic rings. The lowest BCUT2D eigenvalue weighted by Crippen LogP contribution is -2.37. The number of carboxylic acid groups (broad SMARTS) is 1. The van der Waals surface area contributed by atoms with E-state index >= 15 is 0 Å². The zero-order valence-corrected chi connectivity index (χ0v) is 15.9. The number of rotatable bonds is 7. The monoisotopic (exact) mass is 375 g/mol. The summed E-state index contributed by atoms with van der Waals surface area (Å²) in [7, 11) is 3.55. The highest BCUT2D eigenvalue weighted by atomic mass is 32.2. The van der Waals surface area contributed by atoms with E-state index in [0.717, 1.165) is 0 Å². The van der Waals surface area contributed by atoms with Gasteiger partial charge >= 0.3 is 5.97 Å². The molecule has 0 heterocycles. The average Bonchev–Trinajstić information content (AvgIpc) is 2.60. The number of nitrogens with zero attached hydrogens (tertiary/aromatic N) is 3. The Morgan fingerprint density at radius 3 is 2.04 bits per heavy atom. The molecule has 0 saturated carbocycles. The van der Waals surface area contributed by atoms with E-state index in [4.69, 9.17) is 9.84 Å². The normalized spacial score (nSPS) is 12.8. The van der Waals surface area contributed by atoms with Crippen LogP contribution in [-0.2, 0) is 16.0 Å². The third kappa shape index (κ3) is 5.21. The van der Waals surface area contributed by atoms with Crippen LogP contribution in [0, 0.1) is 0 Å². The van der Waals surface area contributed by atoms with Crippen LogP contribution < -0.4 is 4.74 Å². The molecular formula is C18H21N3O4S. The summed E-state index contributed by atoms with van der Waals surface area (Å²) in [5, 5.41) is 18.6. The summed E-state index contributed by atoms with van der Waals surface area (Å²) in [5.74, 6) is -0.658. The summed E-state index contributed by atoms with van der Waals surface area (Å²) in [6.07, 6.45) is 0. The number of ether oxygens (including phenoxy) is 1. The lowest BCUT2D eigenvalue weighted by molar-refractivity contribution is -0.152. The summed E-state index contributed by atoms with van der Waals surface area (Å²) in [6, 6.07) is 13.5. The third-order valence-electron chi connectivity index (χ3n) is 3.32. The molecule has 1 atom stereocenters. The standard InChI is InChI=1S/C18H21N3O4S/c1-18(2,17(22)23)25-14-7-11-16(12-8-14)26(24)15-9-5-13(6-10-15)19-20-21(3)4/h5-12H,1-4H3,(H,22,23). The predicted octanol–water partition coefficient (Wildman–Crippen LogP) is 3.66. The first-order valence-electron chi connectivity index (χ1n) is 7.82. The number of benzene rings is 2. The predicted molar refractivity (Wildman–Crippen MR) is 98.1 cm³/mol. The van der Waals surface area contributed by atoms with Gasteiger partial charge in [0.05, 0.1) is 5.69 Å². The maximum Gasteiger partial charge on any atom is 0.347 e. The molecule has 0 spiro atoms. The quantitative estimate of drug-likeness (QED) is 0.452. The van der Waals surface area contributed by atoms with E-state index in [1.165, 1.54) is 13.8 Å². The number of hydrogen-bond acceptors (Lipinski definition) is 5. The Kier molecular flexibility index (Phi) is 6.23. The van der Waals surface area contributed by atoms with Crippen molar-refractivity contribution in [2.45, 2.75) is 29.2 Å². The maximum absolute atomic E-state index is 12.6. The van der Waals surface area contributed by atoms with Crippen molar-refractivity contribution in [3.8, 4) is 5.75 Å². The molecule has 0 amide bonds. The minimum atomic E-state index is -1.36. The Labute approximate surface area is 155 Å². The largest absolute Gasteiger partial charge is 0.606 e. The van der Waals surface area contributed by atoms with Gasteiger partial charge < -0.3 is 14.4 Å². The van der Waals surface area contributed by atoms with Crippen molar-refractivity contribution in [1.82, 2.24) is 5.01 Å². The van der Waals surface area contributed by atoms with Gasteiger partial charge in [0, 0.05) is 25.3 Å². The van der Waals surface area contributed by atoms with Crippen LogP contribution in [0.4, 0.5) is 5.69 Å². The van der Waals surface area contributed by atoms with Crippen molar-refractivity contribution in [2.75, 3.05) is 14.1 Å². The van der Waals surface area contributed by atoms with Crippen LogP contribution in [0.1, 0.15) is 13.8 Å². The van der Waals surface area contributed by atoms with Crippen LogP contribution in [0.25, 0.3) is 0 Å². The summed E-state index contributed by atoms with van der Waals surface area (Å²) < 4.78 is 18.1. The fourth-order valence-electron chi connectivity index (χ4n) is 1.88. The summed E-state index contributed by atoms with van der Waals surface area (Å²) >= 11 is -1.36. The van der Waals surface area contributed by atoms with Gasteiger partial charge in [-0.2, -0.15) is 0 Å². The molecule has 138 valence electrons. The van der Waals surface area contributed by atoms with Gasteiger partial charge in [-0.15, -0.1) is 5.11 Å². The molecule has 0 bridgehead atoms. The molecule has 0 aliphatic rings. The fourth-order valence-corrected chi connectivity index (χ4v) is 2.92. The van der Waals surface area contributed by atoms with E-state index in [-0.39, 0.29) is 0 Å². The number of carbonyl (C=O) groups is 1. The van der Waals surface area contributed by atoms with Crippen LogP contribution >= 0.6 is 0 Å². The molecule has 0 radical (unpaired) electrons. The Bertz CT molecular complexity index is 774. The van der Waals surface area contributed by atoms with Gasteiger partial charge in [0.15, 0.2) is 15.4 Å². The van der Waals surface area contributed by atoms with Crippen LogP contribution in [0.5, 0.6) is 5.75 Å². The van der Waals surface area contributed by atoms with Crippen LogP contribution in [-0.4, -0.2) is 40.3 Å². The first kappa shape index (κ1) is 19.7. The smallest absolute Gasteiger partial charge is 0.347 e. The second kappa shape index (κ2) is 8.20. The highest BCUT2D eigenvalue weighted by Crippen LogP contribution is 2.26. The molecule has 0 aromatic heterocycles. The summed E-state index contributed by atoms with van der Waals surface area (Å²) in [6.45, 7) is 2.94. The Morgan fingerprint density at radius 1 is 1.08 bits per heavy atom. The summed E-state index contributed by atoms with van der Waals surface area (Å²) in [5.41, 5.74) is -0.670. The van der Waals surface area contributed by atoms with E-state index < -0.39 is 22.7 Å². The fraction of sp³-hybridized carbons (Fsp3) is 0.278. The first-order valence-corrected chi connectivity index (χ1v) is 8.97. The van der Waals surface area contributed by atoms with Crippen molar-refractivity contribution in [2.24, 2.45) is 10.3 Å². The van der Waals surface area contributed by atoms with Gasteiger partial charge in [0.25, 0.3) is 0 Å². The van der Waals surface area contributed by atoms with Crippen molar-refractivity contribution < 1.29 is 19.2 Å². The lowest BCUT2D eigenvalue weighted by atomic mass is 10.1. The molecule has 2 rings (SSSR count). The molecule has 8 heteroatoms. The average molecular weight is 375 g/mol. The Morgan fingerprint density at radius 2 is 1.58 bits per heavy atom. The number of carboxylic acids is 1. The van der Waals surface area contributed by atoms with Crippen LogP contribution in [0.2, 0.25) is 0 Å². The first-order chi connectivity index (χ1) is 12.2. The highest BCUT2D eigenvalue weighted by molar-refractivity contribution is 7.91. The van der Waals surface area contributed by atoms with Gasteiger partial charge in [0.1, 0.15) is 5.75 Å². The van der Waals surface area contributed by atoms with E-state index in [1.54, 1.807) is 67.6 Å². The number of aliphatic carboxylic acids is 1. The topological polar surface area (TPSA) is 97.5 Å². The molecule has 1 unspecified atom stereocenters. The van der Waals surface area contributed by atoms with Gasteiger partial charge in [-0.05, 0) is 62.4 Å². The molecule has 7 nitrogen and oxygen atoms in total. The number of hydrogen-bond donors (Lipinski definition) is 1. The molecule has 26 heavy (non-hydrogen) atoms. The molecular weight excluding hydrogens is 354 g/mol. The molecule has 1 N–H and O–H groups in total. The Hall–Kier alpha value is -2.58. The van der Waals surface area contributed by atoms with Gasteiger partial charge in [-0.3, -0.25) is 5.01 Å². The Balaban J connectivity index is 2.10. The lowest BCUT2D eigenvalue weighted by Gasteiger charge is -2.21. The van der Waals surface area contributed by atoms with Crippen molar-refractivity contribution in [1.29, 1.82) is 0 Å². The van der Waals surface area contributed by atoms with E-state index in [0.29, 0.717) is 21.2 Å². The highest BCUT2D eigenvalue weighted by Gasteiger charge is 2.29. The zero-order chi connectivity index (χ0) is 19.3. The van der Waals surface area contributed by atoms with Gasteiger partial charge in [-0.25, -0.2) is 4.79 Å². The molecule has 0 aliphatic carbocycles. The van der Waals surface area contributed by atoms with Gasteiger partial charge in [-0.1, -0.05) is 5.22 Å². The molecule has 0 aliphatic heterocycles. The van der Waals surface area contributed by atoms with Crippen molar-refractivity contribution in [3.05, 3.63) is 48.5 Å². The SMILES string of the molecule is CN(C)N=Nc1ccc([S+]([O-])c2ccc(OC(C)(C)C(=O)O)cc2)cc1. The molecule has 0 fully saturated rings. The van der Waals surface area contributed by atoms with Crippen molar-refractivity contribution in [3.63, 3.8) is 0 Å². The zero-order valence-electron chi connectivity index (χ0n) is 15.0.